The van der Waals surface area contributed by atoms with Gasteiger partial charge in [0.15, 0.2) is 5.96 Å². The van der Waals surface area contributed by atoms with Gasteiger partial charge in [-0.2, -0.15) is 0 Å². The first-order valence-corrected chi connectivity index (χ1v) is 7.62. The average molecular weight is 288 g/mol. The monoisotopic (exact) mass is 288 g/mol. The summed E-state index contributed by atoms with van der Waals surface area (Å²) < 4.78 is 0. The van der Waals surface area contributed by atoms with E-state index < -0.39 is 5.91 Å². The van der Waals surface area contributed by atoms with E-state index in [2.05, 4.69) is 22.5 Å². The Labute approximate surface area is 126 Å². The van der Waals surface area contributed by atoms with Crippen molar-refractivity contribution in [2.75, 3.05) is 6.54 Å². The van der Waals surface area contributed by atoms with E-state index in [1.54, 1.807) is 12.1 Å². The molecule has 1 amide bonds. The quantitative estimate of drug-likeness (QED) is 0.571. The van der Waals surface area contributed by atoms with Crippen LogP contribution in [0.25, 0.3) is 0 Å². The Bertz CT molecular complexity index is 490. The summed E-state index contributed by atoms with van der Waals surface area (Å²) in [5.41, 5.74) is 6.82. The molecule has 0 radical (unpaired) electrons. The number of nitrogens with zero attached hydrogens (tertiary/aromatic N) is 1. The van der Waals surface area contributed by atoms with Crippen molar-refractivity contribution in [2.45, 2.75) is 45.2 Å². The number of nitrogens with one attached hydrogen (secondary N) is 2. The first-order valence-electron chi connectivity index (χ1n) is 7.62. The number of hydrogen-bond donors (Lipinski definition) is 3. The third-order valence-electron chi connectivity index (χ3n) is 3.70. The van der Waals surface area contributed by atoms with Gasteiger partial charge in [0, 0.05) is 18.2 Å². The van der Waals surface area contributed by atoms with Gasteiger partial charge in [-0.25, -0.2) is 4.99 Å². The number of primary amides is 1. The number of carbonyl (C=O) groups excluding carboxylic acids is 1. The van der Waals surface area contributed by atoms with Gasteiger partial charge in [-0.05, 0) is 37.5 Å². The van der Waals surface area contributed by atoms with Gasteiger partial charge in [0.1, 0.15) is 0 Å². The number of carbonyl (C=O) groups is 1. The van der Waals surface area contributed by atoms with Crippen LogP contribution < -0.4 is 16.4 Å². The number of rotatable bonds is 5. The minimum atomic E-state index is -0.402. The second-order valence-corrected chi connectivity index (χ2v) is 5.38. The van der Waals surface area contributed by atoms with Crippen LogP contribution >= 0.6 is 0 Å². The van der Waals surface area contributed by atoms with E-state index in [1.807, 2.05) is 12.1 Å². The zero-order valence-corrected chi connectivity index (χ0v) is 12.6. The van der Waals surface area contributed by atoms with Gasteiger partial charge in [0.05, 0.1) is 6.54 Å². The van der Waals surface area contributed by atoms with Crippen molar-refractivity contribution in [3.63, 3.8) is 0 Å². The third kappa shape index (κ3) is 4.77. The topological polar surface area (TPSA) is 79.5 Å². The zero-order valence-electron chi connectivity index (χ0n) is 12.6. The molecule has 1 aliphatic carbocycles. The molecule has 0 atom stereocenters. The molecule has 0 heterocycles. The third-order valence-corrected chi connectivity index (χ3v) is 3.70. The number of hydrogen-bond acceptors (Lipinski definition) is 2. The largest absolute Gasteiger partial charge is 0.366 e. The first kappa shape index (κ1) is 15.4. The Balaban J connectivity index is 1.95. The van der Waals surface area contributed by atoms with E-state index in [4.69, 9.17) is 5.73 Å². The fourth-order valence-electron chi connectivity index (χ4n) is 2.53. The molecular formula is C16H24N4O. The lowest BCUT2D eigenvalue weighted by atomic mass is 10.1. The summed E-state index contributed by atoms with van der Waals surface area (Å²) in [7, 11) is 0. The van der Waals surface area contributed by atoms with Gasteiger partial charge in [-0.1, -0.05) is 25.0 Å². The fourth-order valence-corrected chi connectivity index (χ4v) is 2.53. The van der Waals surface area contributed by atoms with E-state index in [9.17, 15) is 4.79 Å². The summed E-state index contributed by atoms with van der Waals surface area (Å²) in [5, 5.41) is 6.76. The maximum Gasteiger partial charge on any atom is 0.248 e. The SMILES string of the molecule is CCNC(=NCc1ccc(C(N)=O)cc1)NC1CCCC1. The van der Waals surface area contributed by atoms with Crippen LogP contribution in [0, 0.1) is 0 Å². The van der Waals surface area contributed by atoms with Crippen LogP contribution in [-0.4, -0.2) is 24.5 Å². The summed E-state index contributed by atoms with van der Waals surface area (Å²) in [5.74, 6) is 0.463. The summed E-state index contributed by atoms with van der Waals surface area (Å²) >= 11 is 0. The van der Waals surface area contributed by atoms with Gasteiger partial charge >= 0.3 is 0 Å². The predicted molar refractivity (Wildman–Crippen MR) is 85.2 cm³/mol. The van der Waals surface area contributed by atoms with Gasteiger partial charge in [-0.15, -0.1) is 0 Å². The highest BCUT2D eigenvalue weighted by Crippen LogP contribution is 2.17. The number of aliphatic imine (C=N–C) groups is 1. The molecule has 0 unspecified atom stereocenters. The molecule has 114 valence electrons. The second kappa shape index (κ2) is 7.67. The van der Waals surface area contributed by atoms with Gasteiger partial charge in [-0.3, -0.25) is 4.79 Å². The smallest absolute Gasteiger partial charge is 0.248 e. The van der Waals surface area contributed by atoms with Crippen molar-refractivity contribution in [2.24, 2.45) is 10.7 Å². The molecule has 1 fully saturated rings. The molecule has 2 rings (SSSR count). The minimum absolute atomic E-state index is 0.402. The fraction of sp³-hybridized carbons (Fsp3) is 0.500. The highest BCUT2D eigenvalue weighted by molar-refractivity contribution is 5.92. The van der Waals surface area contributed by atoms with Crippen LogP contribution in [0.3, 0.4) is 0 Å². The average Bonchev–Trinajstić information content (AvgIpc) is 2.98. The van der Waals surface area contributed by atoms with E-state index in [0.717, 1.165) is 18.1 Å². The lowest BCUT2D eigenvalue weighted by Crippen LogP contribution is -2.42. The van der Waals surface area contributed by atoms with Crippen LogP contribution in [0.2, 0.25) is 0 Å². The molecule has 1 aliphatic rings. The molecule has 5 heteroatoms. The molecule has 0 aromatic heterocycles. The lowest BCUT2D eigenvalue weighted by Gasteiger charge is -2.16. The van der Waals surface area contributed by atoms with Crippen molar-refractivity contribution < 1.29 is 4.79 Å². The van der Waals surface area contributed by atoms with E-state index in [1.165, 1.54) is 25.7 Å². The maximum atomic E-state index is 11.0. The lowest BCUT2D eigenvalue weighted by molar-refractivity contribution is 0.100. The summed E-state index contributed by atoms with van der Waals surface area (Å²) in [6, 6.07) is 7.81. The molecule has 0 aliphatic heterocycles. The molecule has 1 saturated carbocycles. The number of guanidine groups is 1. The highest BCUT2D eigenvalue weighted by Gasteiger charge is 2.15. The van der Waals surface area contributed by atoms with Crippen LogP contribution in [0.15, 0.2) is 29.3 Å². The molecule has 0 spiro atoms. The van der Waals surface area contributed by atoms with Crippen LogP contribution in [-0.2, 0) is 6.54 Å². The molecule has 1 aromatic rings. The first-order chi connectivity index (χ1) is 10.2. The normalized spacial score (nSPS) is 16.0. The Morgan fingerprint density at radius 3 is 2.52 bits per heavy atom. The Morgan fingerprint density at radius 2 is 1.95 bits per heavy atom. The molecule has 0 bridgehead atoms. The van der Waals surface area contributed by atoms with E-state index in [-0.39, 0.29) is 0 Å². The van der Waals surface area contributed by atoms with Crippen LogP contribution in [0.1, 0.15) is 48.5 Å². The van der Waals surface area contributed by atoms with Crippen molar-refractivity contribution in [3.8, 4) is 0 Å². The molecular weight excluding hydrogens is 264 g/mol. The Kier molecular flexibility index (Phi) is 5.60. The van der Waals surface area contributed by atoms with Crippen molar-refractivity contribution in [1.82, 2.24) is 10.6 Å². The van der Waals surface area contributed by atoms with Crippen LogP contribution in [0.4, 0.5) is 0 Å². The zero-order chi connectivity index (χ0) is 15.1. The molecule has 0 saturated heterocycles. The summed E-state index contributed by atoms with van der Waals surface area (Å²) in [4.78, 5) is 15.6. The van der Waals surface area contributed by atoms with Crippen LogP contribution in [0.5, 0.6) is 0 Å². The second-order valence-electron chi connectivity index (χ2n) is 5.38. The molecule has 5 nitrogen and oxygen atoms in total. The van der Waals surface area contributed by atoms with Crippen molar-refractivity contribution in [3.05, 3.63) is 35.4 Å². The summed E-state index contributed by atoms with van der Waals surface area (Å²) in [6.07, 6.45) is 5.03. The van der Waals surface area contributed by atoms with E-state index >= 15 is 0 Å². The highest BCUT2D eigenvalue weighted by atomic mass is 16.1. The summed E-state index contributed by atoms with van der Waals surface area (Å²) in [6.45, 7) is 3.49. The molecule has 21 heavy (non-hydrogen) atoms. The van der Waals surface area contributed by atoms with Gasteiger partial charge in [0.25, 0.3) is 0 Å². The number of amides is 1. The Morgan fingerprint density at radius 1 is 1.29 bits per heavy atom. The Hall–Kier alpha value is -2.04. The van der Waals surface area contributed by atoms with E-state index in [0.29, 0.717) is 18.2 Å². The number of nitrogens with two attached hydrogens (primary N) is 1. The molecule has 1 aromatic carbocycles. The van der Waals surface area contributed by atoms with Gasteiger partial charge < -0.3 is 16.4 Å². The predicted octanol–water partition coefficient (Wildman–Crippen LogP) is 1.78. The minimum Gasteiger partial charge on any atom is -0.366 e. The molecule has 4 N–H and O–H groups in total. The number of benzene rings is 1. The van der Waals surface area contributed by atoms with Crippen molar-refractivity contribution >= 4 is 11.9 Å². The standard InChI is InChI=1S/C16H24N4O/c1-2-18-16(20-14-5-3-4-6-14)19-11-12-7-9-13(10-8-12)15(17)21/h7-10,14H,2-6,11H2,1H3,(H2,17,21)(H2,18,19,20). The van der Waals surface area contributed by atoms with Gasteiger partial charge in [0.2, 0.25) is 5.91 Å². The van der Waals surface area contributed by atoms with Crippen molar-refractivity contribution in [1.29, 1.82) is 0 Å². The maximum absolute atomic E-state index is 11.0.